The lowest BCUT2D eigenvalue weighted by Crippen LogP contribution is -2.49. The van der Waals surface area contributed by atoms with Gasteiger partial charge in [-0.05, 0) is 48.0 Å². The van der Waals surface area contributed by atoms with Gasteiger partial charge in [-0.1, -0.05) is 6.07 Å². The Morgan fingerprint density at radius 2 is 2.08 bits per heavy atom. The highest BCUT2D eigenvalue weighted by Gasteiger charge is 2.22. The highest BCUT2D eigenvalue weighted by molar-refractivity contribution is 5.88. The van der Waals surface area contributed by atoms with Gasteiger partial charge in [-0.25, -0.2) is 5.01 Å². The molecule has 0 unspecified atom stereocenters. The molecule has 0 radical (unpaired) electrons. The van der Waals surface area contributed by atoms with Gasteiger partial charge < -0.3 is 10.1 Å². The van der Waals surface area contributed by atoms with E-state index in [0.29, 0.717) is 6.54 Å². The number of amides is 2. The Labute approximate surface area is 151 Å². The molecule has 134 valence electrons. The number of pyridine rings is 1. The van der Waals surface area contributed by atoms with Crippen molar-refractivity contribution in [3.05, 3.63) is 66.0 Å². The SMILES string of the molecule is COc1ccc(C2=CCC(=O)N(CC(=O)NCc3ccccn3)N2)cc1. The fourth-order valence-electron chi connectivity index (χ4n) is 2.52. The Morgan fingerprint density at radius 3 is 2.77 bits per heavy atom. The molecule has 1 aliphatic heterocycles. The van der Waals surface area contributed by atoms with Crippen LogP contribution in [0.1, 0.15) is 17.7 Å². The highest BCUT2D eigenvalue weighted by Crippen LogP contribution is 2.20. The molecule has 0 saturated heterocycles. The van der Waals surface area contributed by atoms with Crippen molar-refractivity contribution in [2.75, 3.05) is 13.7 Å². The maximum atomic E-state index is 12.1. The van der Waals surface area contributed by atoms with Crippen molar-refractivity contribution in [2.24, 2.45) is 0 Å². The third-order valence-electron chi connectivity index (χ3n) is 3.93. The van der Waals surface area contributed by atoms with E-state index < -0.39 is 0 Å². The summed E-state index contributed by atoms with van der Waals surface area (Å²) in [5, 5.41) is 4.09. The molecular weight excluding hydrogens is 332 g/mol. The fraction of sp³-hybridized carbons (Fsp3) is 0.211. The molecule has 0 atom stereocenters. The Kier molecular flexibility index (Phi) is 5.48. The molecule has 0 spiro atoms. The van der Waals surface area contributed by atoms with Gasteiger partial charge in [0, 0.05) is 12.6 Å². The van der Waals surface area contributed by atoms with E-state index in [0.717, 1.165) is 22.7 Å². The lowest BCUT2D eigenvalue weighted by atomic mass is 10.1. The number of ether oxygens (including phenoxy) is 1. The quantitative estimate of drug-likeness (QED) is 0.823. The number of aromatic nitrogens is 1. The van der Waals surface area contributed by atoms with Crippen LogP contribution in [0.15, 0.2) is 54.7 Å². The van der Waals surface area contributed by atoms with Crippen molar-refractivity contribution >= 4 is 17.5 Å². The van der Waals surface area contributed by atoms with Crippen LogP contribution in [0.2, 0.25) is 0 Å². The molecule has 1 aromatic carbocycles. The Bertz CT molecular complexity index is 803. The first-order chi connectivity index (χ1) is 12.7. The molecular formula is C19H20N4O3. The van der Waals surface area contributed by atoms with Gasteiger partial charge in [0.05, 0.1) is 25.0 Å². The Hall–Kier alpha value is -3.35. The molecule has 0 fully saturated rings. The van der Waals surface area contributed by atoms with Crippen molar-refractivity contribution in [1.29, 1.82) is 0 Å². The van der Waals surface area contributed by atoms with Gasteiger partial charge in [0.2, 0.25) is 11.8 Å². The second-order valence-corrected chi connectivity index (χ2v) is 5.74. The molecule has 0 bridgehead atoms. The lowest BCUT2D eigenvalue weighted by Gasteiger charge is -2.28. The van der Waals surface area contributed by atoms with Gasteiger partial charge in [0.15, 0.2) is 0 Å². The average Bonchev–Trinajstić information content (AvgIpc) is 2.69. The van der Waals surface area contributed by atoms with E-state index in [4.69, 9.17) is 4.74 Å². The van der Waals surface area contributed by atoms with Gasteiger partial charge in [-0.3, -0.25) is 20.0 Å². The predicted octanol–water partition coefficient (Wildman–Crippen LogP) is 1.48. The summed E-state index contributed by atoms with van der Waals surface area (Å²) in [6.07, 6.45) is 3.72. The number of benzene rings is 1. The highest BCUT2D eigenvalue weighted by atomic mass is 16.5. The standard InChI is InChI=1S/C19H20N4O3/c1-26-16-7-5-14(6-8-16)17-9-10-19(25)23(22-17)13-18(24)21-12-15-4-2-3-11-20-15/h2-9,11,22H,10,12-13H2,1H3,(H,21,24). The summed E-state index contributed by atoms with van der Waals surface area (Å²) >= 11 is 0. The number of carbonyl (C=O) groups excluding carboxylic acids is 2. The first-order valence-electron chi connectivity index (χ1n) is 8.24. The van der Waals surface area contributed by atoms with Crippen LogP contribution in [0.25, 0.3) is 5.70 Å². The zero-order chi connectivity index (χ0) is 18.4. The number of hydrogen-bond donors (Lipinski definition) is 2. The molecule has 7 heteroatoms. The summed E-state index contributed by atoms with van der Waals surface area (Å²) in [7, 11) is 1.61. The third-order valence-corrected chi connectivity index (χ3v) is 3.93. The number of rotatable bonds is 6. The molecule has 1 aromatic heterocycles. The van der Waals surface area contributed by atoms with E-state index in [2.05, 4.69) is 15.7 Å². The van der Waals surface area contributed by atoms with Gasteiger partial charge in [-0.15, -0.1) is 0 Å². The fourth-order valence-corrected chi connectivity index (χ4v) is 2.52. The maximum Gasteiger partial charge on any atom is 0.245 e. The van der Waals surface area contributed by atoms with Crippen molar-refractivity contribution in [3.8, 4) is 5.75 Å². The summed E-state index contributed by atoms with van der Waals surface area (Å²) in [5.41, 5.74) is 5.47. The van der Waals surface area contributed by atoms with Gasteiger partial charge in [0.25, 0.3) is 0 Å². The maximum absolute atomic E-state index is 12.1. The molecule has 2 heterocycles. The predicted molar refractivity (Wildman–Crippen MR) is 96.5 cm³/mol. The second-order valence-electron chi connectivity index (χ2n) is 5.74. The zero-order valence-corrected chi connectivity index (χ0v) is 14.4. The van der Waals surface area contributed by atoms with E-state index in [1.165, 1.54) is 5.01 Å². The number of nitrogens with one attached hydrogen (secondary N) is 2. The third kappa shape index (κ3) is 4.38. The van der Waals surface area contributed by atoms with E-state index in [9.17, 15) is 9.59 Å². The summed E-state index contributed by atoms with van der Waals surface area (Å²) in [6, 6.07) is 13.0. The number of carbonyl (C=O) groups is 2. The van der Waals surface area contributed by atoms with E-state index >= 15 is 0 Å². The van der Waals surface area contributed by atoms with E-state index in [1.54, 1.807) is 13.3 Å². The molecule has 2 N–H and O–H groups in total. The number of methoxy groups -OCH3 is 1. The minimum atomic E-state index is -0.257. The normalized spacial score (nSPS) is 13.7. The largest absolute Gasteiger partial charge is 0.497 e. The Morgan fingerprint density at radius 1 is 1.27 bits per heavy atom. The number of hydrazine groups is 1. The Balaban J connectivity index is 1.58. The van der Waals surface area contributed by atoms with Crippen LogP contribution in [0.4, 0.5) is 0 Å². The zero-order valence-electron chi connectivity index (χ0n) is 14.4. The number of hydrogen-bond acceptors (Lipinski definition) is 5. The summed E-state index contributed by atoms with van der Waals surface area (Å²) in [4.78, 5) is 28.4. The first kappa shape index (κ1) is 17.5. The van der Waals surface area contributed by atoms with Crippen LogP contribution in [0.3, 0.4) is 0 Å². The van der Waals surface area contributed by atoms with Crippen LogP contribution in [-0.2, 0) is 16.1 Å². The molecule has 3 rings (SSSR count). The van der Waals surface area contributed by atoms with Crippen molar-refractivity contribution < 1.29 is 14.3 Å². The first-order valence-corrected chi connectivity index (χ1v) is 8.24. The van der Waals surface area contributed by atoms with E-state index in [1.807, 2.05) is 48.5 Å². The van der Waals surface area contributed by atoms with Gasteiger partial charge in [-0.2, -0.15) is 0 Å². The second kappa shape index (κ2) is 8.15. The topological polar surface area (TPSA) is 83.6 Å². The molecule has 2 aromatic rings. The molecule has 0 aliphatic carbocycles. The molecule has 26 heavy (non-hydrogen) atoms. The van der Waals surface area contributed by atoms with Crippen LogP contribution < -0.4 is 15.5 Å². The van der Waals surface area contributed by atoms with Crippen LogP contribution >= 0.6 is 0 Å². The summed E-state index contributed by atoms with van der Waals surface area (Å²) < 4.78 is 5.15. The van der Waals surface area contributed by atoms with Crippen LogP contribution in [-0.4, -0.2) is 35.5 Å². The minimum Gasteiger partial charge on any atom is -0.497 e. The monoisotopic (exact) mass is 352 g/mol. The summed E-state index contributed by atoms with van der Waals surface area (Å²) in [5.74, 6) is 0.342. The smallest absolute Gasteiger partial charge is 0.245 e. The van der Waals surface area contributed by atoms with Gasteiger partial charge in [0.1, 0.15) is 12.3 Å². The van der Waals surface area contributed by atoms with Crippen molar-refractivity contribution in [2.45, 2.75) is 13.0 Å². The van der Waals surface area contributed by atoms with Crippen LogP contribution in [0.5, 0.6) is 5.75 Å². The molecule has 1 aliphatic rings. The van der Waals surface area contributed by atoms with Crippen LogP contribution in [0, 0.1) is 0 Å². The molecule has 2 amide bonds. The van der Waals surface area contributed by atoms with Crippen molar-refractivity contribution in [3.63, 3.8) is 0 Å². The van der Waals surface area contributed by atoms with Gasteiger partial charge >= 0.3 is 0 Å². The van der Waals surface area contributed by atoms with Crippen molar-refractivity contribution in [1.82, 2.24) is 20.7 Å². The minimum absolute atomic E-state index is 0.0703. The number of nitrogens with zero attached hydrogens (tertiary/aromatic N) is 2. The lowest BCUT2D eigenvalue weighted by molar-refractivity contribution is -0.138. The summed E-state index contributed by atoms with van der Waals surface area (Å²) in [6.45, 7) is 0.252. The molecule has 7 nitrogen and oxygen atoms in total. The van der Waals surface area contributed by atoms with E-state index in [-0.39, 0.29) is 24.8 Å². The average molecular weight is 352 g/mol. The molecule has 0 saturated carbocycles.